The SMILES string of the molecule is CNCC(OC)OC.COC(CN(C)C(=O)c1cc[c]([Sn]([CH3])([CH3])[CH3])cc1)OC.COC(CN(C)C(=O)c1ccc(I)cc1)OC.Cl.O=C(Cl)c1ccc(I)cc1.O=CCNC(=O)c1ccc([123I])cc1.[123IH].[CH3][Sn]([CH3])([CH3])[c]1ccc(C(=O)NCC=O)cc1. The topological polar surface area (TPSA) is 217 Å². The van der Waals surface area contributed by atoms with Gasteiger partial charge in [-0.25, -0.2) is 0 Å². The Balaban J connectivity index is -0.000000977. The van der Waals surface area contributed by atoms with Crippen LogP contribution in [0.1, 0.15) is 51.8 Å². The molecule has 3 N–H and O–H groups in total. The Bertz CT molecular complexity index is 2700. The van der Waals surface area contributed by atoms with Gasteiger partial charge in [-0.05, 0) is 159 Å². The zero-order chi connectivity index (χ0) is 64.0. The Morgan fingerprint density at radius 2 is 0.791 bits per heavy atom. The van der Waals surface area contributed by atoms with Crippen LogP contribution in [0.4, 0.5) is 0 Å². The van der Waals surface area contributed by atoms with E-state index in [0.717, 1.165) is 17.3 Å². The van der Waals surface area contributed by atoms with E-state index in [1.807, 2.05) is 92.0 Å². The van der Waals surface area contributed by atoms with Crippen LogP contribution in [0.15, 0.2) is 121 Å². The Kier molecular flexibility index (Phi) is 50.7. The van der Waals surface area contributed by atoms with Crippen molar-refractivity contribution in [1.82, 2.24) is 25.8 Å². The fraction of sp³-hybridized carbons (Fsp3) is 0.383. The number of aldehydes is 2. The van der Waals surface area contributed by atoms with Gasteiger partial charge >= 0.3 is 226 Å². The molecule has 86 heavy (non-hydrogen) atoms. The number of methoxy groups -OCH3 is 6. The van der Waals surface area contributed by atoms with Gasteiger partial charge in [0, 0.05) is 69.4 Å². The summed E-state index contributed by atoms with van der Waals surface area (Å²) in [6, 6.07) is 37.4. The van der Waals surface area contributed by atoms with Crippen LogP contribution in [0.25, 0.3) is 0 Å². The maximum absolute atomic E-state index is 12.3. The zero-order valence-corrected chi connectivity index (χ0v) is 67.6. The first-order valence-corrected chi connectivity index (χ1v) is 49.6. The summed E-state index contributed by atoms with van der Waals surface area (Å²) >= 11 is 7.69. The fourth-order valence-electron chi connectivity index (χ4n) is 6.46. The van der Waals surface area contributed by atoms with Crippen molar-refractivity contribution >= 4 is 201 Å². The van der Waals surface area contributed by atoms with E-state index in [2.05, 4.69) is 125 Å². The molecule has 18 nitrogen and oxygen atoms in total. The molecule has 0 aliphatic carbocycles. The molecular formula is C60H85Cl2I4N5O13Sn2. The molecule has 0 radical (unpaired) electrons. The van der Waals surface area contributed by atoms with E-state index in [0.29, 0.717) is 53.5 Å². The summed E-state index contributed by atoms with van der Waals surface area (Å²) in [5.74, 6) is -0.466. The van der Waals surface area contributed by atoms with Crippen LogP contribution in [-0.4, -0.2) is 203 Å². The summed E-state index contributed by atoms with van der Waals surface area (Å²) in [5, 5.41) is 7.49. The number of hydrogen-bond acceptors (Lipinski definition) is 14. The molecule has 0 saturated carbocycles. The van der Waals surface area contributed by atoms with Gasteiger partial charge < -0.3 is 39.3 Å². The number of hydrogen-bond donors (Lipinski definition) is 3. The minimum absolute atomic E-state index is 0. The monoisotopic (exact) mass is 1890 g/mol. The van der Waals surface area contributed by atoms with Gasteiger partial charge in [0.1, 0.15) is 6.29 Å². The minimum atomic E-state index is -2.04. The average molecular weight is 1890 g/mol. The van der Waals surface area contributed by atoms with E-state index in [9.17, 15) is 33.6 Å². The predicted octanol–water partition coefficient (Wildman–Crippen LogP) is 9.82. The molecule has 5 aromatic rings. The molecule has 0 unspecified atom stereocenters. The molecule has 0 bridgehead atoms. The van der Waals surface area contributed by atoms with Gasteiger partial charge in [0.25, 0.3) is 17.1 Å². The quantitative estimate of drug-likeness (QED) is 0.0182. The second kappa shape index (κ2) is 49.5. The molecule has 0 aromatic heterocycles. The Morgan fingerprint density at radius 1 is 0.512 bits per heavy atom. The van der Waals surface area contributed by atoms with Crippen molar-refractivity contribution in [3.8, 4) is 0 Å². The van der Waals surface area contributed by atoms with Crippen molar-refractivity contribution in [2.45, 2.75) is 48.5 Å². The third kappa shape index (κ3) is 37.8. The second-order valence-electron chi connectivity index (χ2n) is 19.8. The fourth-order valence-corrected chi connectivity index (χ4v) is 14.3. The van der Waals surface area contributed by atoms with Crippen LogP contribution in [0.2, 0.25) is 29.6 Å². The van der Waals surface area contributed by atoms with Crippen molar-refractivity contribution in [2.24, 2.45) is 0 Å². The first-order chi connectivity index (χ1) is 39.6. The summed E-state index contributed by atoms with van der Waals surface area (Å²) in [5.41, 5.74) is 3.10. The number of benzene rings is 5. The molecule has 4 amide bonds. The summed E-state index contributed by atoms with van der Waals surface area (Å²) in [4.78, 5) is 95.0. The van der Waals surface area contributed by atoms with Crippen molar-refractivity contribution < 1.29 is 62.0 Å². The normalized spacial score (nSPS) is 10.3. The van der Waals surface area contributed by atoms with Crippen LogP contribution in [0.3, 0.4) is 0 Å². The van der Waals surface area contributed by atoms with Crippen molar-refractivity contribution in [3.63, 3.8) is 0 Å². The number of carbonyl (C=O) groups is 7. The third-order valence-electron chi connectivity index (χ3n) is 11.5. The number of amides is 4. The van der Waals surface area contributed by atoms with Crippen molar-refractivity contribution in [2.75, 3.05) is 96.5 Å². The number of nitrogens with one attached hydrogen (secondary N) is 3. The molecular weight excluding hydrogens is 1810 g/mol. The summed E-state index contributed by atoms with van der Waals surface area (Å²) < 4.78 is 36.1. The van der Waals surface area contributed by atoms with Gasteiger partial charge in [-0.3, -0.25) is 14.4 Å². The zero-order valence-electron chi connectivity index (χ0n) is 51.5. The van der Waals surface area contributed by atoms with Crippen LogP contribution in [-0.2, 0) is 38.0 Å². The van der Waals surface area contributed by atoms with E-state index in [4.69, 9.17) is 40.0 Å². The van der Waals surface area contributed by atoms with Crippen molar-refractivity contribution in [3.05, 3.63) is 160 Å². The Hall–Kier alpha value is -2.19. The number of ether oxygens (including phenoxy) is 6. The van der Waals surface area contributed by atoms with Gasteiger partial charge in [0.2, 0.25) is 0 Å². The number of nitrogens with zero attached hydrogens (tertiary/aromatic N) is 2. The summed E-state index contributed by atoms with van der Waals surface area (Å²) in [7, 11) is 14.8. The molecule has 0 aliphatic heterocycles. The first-order valence-electron chi connectivity index (χ1n) is 26.0. The predicted molar refractivity (Wildman–Crippen MR) is 387 cm³/mol. The molecule has 0 fully saturated rings. The van der Waals surface area contributed by atoms with Gasteiger partial charge in [0.15, 0.2) is 12.6 Å². The molecule has 0 spiro atoms. The molecule has 0 heterocycles. The Labute approximate surface area is 586 Å². The number of halogens is 6. The molecule has 478 valence electrons. The molecule has 0 aliphatic rings. The summed E-state index contributed by atoms with van der Waals surface area (Å²) in [6.07, 6.45) is 0.435. The maximum atomic E-state index is 12.3. The van der Waals surface area contributed by atoms with Gasteiger partial charge in [-0.2, -0.15) is 0 Å². The average Bonchev–Trinajstić information content (AvgIpc) is 3.69. The number of likely N-dealkylation sites (N-methyl/N-ethyl adjacent to an activating group) is 3. The van der Waals surface area contributed by atoms with E-state index in [1.54, 1.807) is 90.8 Å². The van der Waals surface area contributed by atoms with E-state index >= 15 is 0 Å². The number of rotatable bonds is 23. The molecule has 0 saturated heterocycles. The molecule has 26 heteroatoms. The van der Waals surface area contributed by atoms with E-state index in [1.165, 1.54) is 7.16 Å². The van der Waals surface area contributed by atoms with Gasteiger partial charge in [-0.15, -0.1) is 36.4 Å². The standard InChI is InChI=1S/C12H16INO3.C12H16NO3.C9H8INO2.C9H8NO2.C7H4ClIO.C5H13NO2.6CH3.ClH.HI.2Sn/c1-14(8-11(16-2)17-3)12(15)9-4-6-10(13)7-5-9;1-13(9-11(15-2)16-3)12(14)10-7-5-4-6-8-10;10-8-3-1-7(2-4-8)9(13)11-5-6-12;11-7-6-10-9(12)8-4-2-1-3-5-8;8-7(10)5-1-3-6(9)4-2-5;1-6-4-5(7-2)8-3;;;;;;;;;;/h4-7,11H,8H2,1-3H3;5-8,11H,9H2,1-3H3;1-4,6H,5H2,(H,11,13);2-5,7H,6H2,(H,10,12);1-4H;5-6H,4H2,1-3H3;6*1H3;2*1H;;/i;;10-4;;;;;;;;;;;1-4;;. The molecule has 0 atom stereocenters. The molecule has 5 aromatic carbocycles. The first kappa shape index (κ1) is 88.0. The summed E-state index contributed by atoms with van der Waals surface area (Å²) in [6.45, 7) is 1.67. The van der Waals surface area contributed by atoms with Crippen LogP contribution >= 0.6 is 116 Å². The van der Waals surface area contributed by atoms with Crippen molar-refractivity contribution in [1.29, 1.82) is 0 Å². The van der Waals surface area contributed by atoms with Crippen LogP contribution in [0, 0.1) is 10.7 Å². The third-order valence-corrected chi connectivity index (χ3v) is 25.6. The van der Waals surface area contributed by atoms with Crippen LogP contribution < -0.4 is 23.1 Å². The molecule has 5 rings (SSSR count). The number of carbonyl (C=O) groups excluding carboxylic acids is 7. The second-order valence-corrected chi connectivity index (χ2v) is 52.9. The van der Waals surface area contributed by atoms with Gasteiger partial charge in [0.05, 0.1) is 13.1 Å². The Morgan fingerprint density at radius 3 is 1.05 bits per heavy atom. The van der Waals surface area contributed by atoms with Gasteiger partial charge in [-0.1, -0.05) is 0 Å². The van der Waals surface area contributed by atoms with E-state index in [-0.39, 0.29) is 79.4 Å². The van der Waals surface area contributed by atoms with E-state index < -0.39 is 54.6 Å². The van der Waals surface area contributed by atoms with Crippen LogP contribution in [0.5, 0.6) is 0 Å².